The predicted molar refractivity (Wildman–Crippen MR) is 67.7 cm³/mol. The summed E-state index contributed by atoms with van der Waals surface area (Å²) >= 11 is 0. The van der Waals surface area contributed by atoms with Gasteiger partial charge >= 0.3 is 0 Å². The summed E-state index contributed by atoms with van der Waals surface area (Å²) < 4.78 is 0. The number of piperidine rings is 1. The molecule has 0 aromatic rings. The van der Waals surface area contributed by atoms with E-state index in [1.54, 1.807) is 11.1 Å². The highest BCUT2D eigenvalue weighted by Crippen LogP contribution is 2.36. The second kappa shape index (κ2) is 4.45. The van der Waals surface area contributed by atoms with Crippen molar-refractivity contribution >= 4 is 5.91 Å². The van der Waals surface area contributed by atoms with Crippen molar-refractivity contribution in [2.24, 2.45) is 0 Å². The van der Waals surface area contributed by atoms with Gasteiger partial charge in [0, 0.05) is 39.1 Å². The van der Waals surface area contributed by atoms with Gasteiger partial charge < -0.3 is 9.80 Å². The molecule has 0 spiro atoms. The van der Waals surface area contributed by atoms with Crippen molar-refractivity contribution in [3.63, 3.8) is 0 Å². The lowest BCUT2D eigenvalue weighted by molar-refractivity contribution is -0.127. The minimum Gasteiger partial charge on any atom is -0.341 e. The highest BCUT2D eigenvalue weighted by Gasteiger charge is 2.30. The Labute approximate surface area is 103 Å². The summed E-state index contributed by atoms with van der Waals surface area (Å²) in [5, 5.41) is 0. The summed E-state index contributed by atoms with van der Waals surface area (Å²) in [4.78, 5) is 16.0. The van der Waals surface area contributed by atoms with Gasteiger partial charge in [-0.05, 0) is 32.1 Å². The lowest BCUT2D eigenvalue weighted by atomic mass is 10.0. The molecule has 0 radical (unpaired) electrons. The minimum absolute atomic E-state index is 0.327. The maximum atomic E-state index is 11.5. The minimum atomic E-state index is 0.327. The van der Waals surface area contributed by atoms with E-state index in [2.05, 4.69) is 4.90 Å². The number of likely N-dealkylation sites (N-methyl/N-ethyl adjacent to an activating group) is 1. The molecule has 3 fully saturated rings. The number of hydrogen-bond donors (Lipinski definition) is 0. The Morgan fingerprint density at radius 3 is 2.24 bits per heavy atom. The van der Waals surface area contributed by atoms with E-state index >= 15 is 0 Å². The quantitative estimate of drug-likeness (QED) is 0.680. The molecule has 1 amide bonds. The third-order valence-corrected chi connectivity index (χ3v) is 4.56. The van der Waals surface area contributed by atoms with Crippen LogP contribution in [0.4, 0.5) is 0 Å². The van der Waals surface area contributed by atoms with E-state index in [-0.39, 0.29) is 0 Å². The lowest BCUT2D eigenvalue weighted by Crippen LogP contribution is -2.42. The third-order valence-electron chi connectivity index (χ3n) is 4.56. The van der Waals surface area contributed by atoms with Crippen molar-refractivity contribution in [1.82, 2.24) is 9.80 Å². The van der Waals surface area contributed by atoms with Gasteiger partial charge in [0.05, 0.1) is 0 Å². The Kier molecular flexibility index (Phi) is 2.95. The molecule has 0 bridgehead atoms. The second-order valence-corrected chi connectivity index (χ2v) is 5.70. The topological polar surface area (TPSA) is 23.6 Å². The van der Waals surface area contributed by atoms with E-state index < -0.39 is 0 Å². The largest absolute Gasteiger partial charge is 0.341 e. The van der Waals surface area contributed by atoms with Crippen molar-refractivity contribution < 1.29 is 4.79 Å². The van der Waals surface area contributed by atoms with E-state index in [9.17, 15) is 4.79 Å². The van der Waals surface area contributed by atoms with E-state index in [1.807, 2.05) is 11.9 Å². The molecule has 1 saturated carbocycles. The number of nitrogens with zero attached hydrogens (tertiary/aromatic N) is 2. The molecule has 1 aliphatic carbocycles. The van der Waals surface area contributed by atoms with Gasteiger partial charge in [0.15, 0.2) is 0 Å². The summed E-state index contributed by atoms with van der Waals surface area (Å²) in [6.07, 6.45) is 7.11. The molecule has 2 heterocycles. The van der Waals surface area contributed by atoms with Gasteiger partial charge in [-0.3, -0.25) is 4.79 Å². The van der Waals surface area contributed by atoms with Gasteiger partial charge in [0.2, 0.25) is 5.91 Å². The van der Waals surface area contributed by atoms with Crippen LogP contribution in [-0.2, 0) is 4.79 Å². The molecule has 0 N–H and O–H groups in total. The number of likely N-dealkylation sites (tertiary alicyclic amines) is 2. The molecule has 2 aliphatic heterocycles. The summed E-state index contributed by atoms with van der Waals surface area (Å²) in [5.74, 6) is 0.327. The monoisotopic (exact) mass is 234 g/mol. The summed E-state index contributed by atoms with van der Waals surface area (Å²) in [7, 11) is 1.96. The molecular formula is C14H22N2O. The summed E-state index contributed by atoms with van der Waals surface area (Å²) in [6.45, 7) is 3.50. The first kappa shape index (κ1) is 11.3. The molecule has 3 aliphatic rings. The zero-order valence-electron chi connectivity index (χ0n) is 10.7. The van der Waals surface area contributed by atoms with Gasteiger partial charge in [-0.15, -0.1) is 0 Å². The maximum Gasteiger partial charge on any atom is 0.222 e. The number of carbonyl (C=O) groups excluding carboxylic acids is 1. The lowest BCUT2D eigenvalue weighted by Gasteiger charge is -2.32. The smallest absolute Gasteiger partial charge is 0.222 e. The Morgan fingerprint density at radius 1 is 1.06 bits per heavy atom. The van der Waals surface area contributed by atoms with Crippen LogP contribution in [0.3, 0.4) is 0 Å². The van der Waals surface area contributed by atoms with Gasteiger partial charge in [-0.25, -0.2) is 0 Å². The fraction of sp³-hybridized carbons (Fsp3) is 0.786. The van der Waals surface area contributed by atoms with Crippen LogP contribution in [0.15, 0.2) is 11.1 Å². The van der Waals surface area contributed by atoms with Crippen LogP contribution in [-0.4, -0.2) is 48.4 Å². The molecule has 2 saturated heterocycles. The fourth-order valence-corrected chi connectivity index (χ4v) is 3.15. The molecule has 94 valence electrons. The van der Waals surface area contributed by atoms with Crippen LogP contribution in [0.2, 0.25) is 0 Å². The number of rotatable bonds is 2. The van der Waals surface area contributed by atoms with Crippen LogP contribution in [0, 0.1) is 0 Å². The number of hydrogen-bond acceptors (Lipinski definition) is 2. The van der Waals surface area contributed by atoms with Crippen molar-refractivity contribution in [1.29, 1.82) is 0 Å². The van der Waals surface area contributed by atoms with Crippen molar-refractivity contribution in [2.75, 3.05) is 26.7 Å². The standard InChI is InChI=1S/C14H22N2O/c1-15-13(4-5-14(15)17)10-16-8-6-12(7-9-16)11-2-3-11/h13H,2-10H2,1H3. The van der Waals surface area contributed by atoms with Crippen molar-refractivity contribution in [3.05, 3.63) is 11.1 Å². The van der Waals surface area contributed by atoms with Crippen LogP contribution >= 0.6 is 0 Å². The Balaban J connectivity index is 1.50. The second-order valence-electron chi connectivity index (χ2n) is 5.70. The zero-order valence-corrected chi connectivity index (χ0v) is 10.7. The van der Waals surface area contributed by atoms with Gasteiger partial charge in [-0.1, -0.05) is 11.1 Å². The Morgan fingerprint density at radius 2 is 1.71 bits per heavy atom. The predicted octanol–water partition coefficient (Wildman–Crippen LogP) is 1.79. The molecule has 1 atom stereocenters. The van der Waals surface area contributed by atoms with E-state index in [0.717, 1.165) is 19.4 Å². The van der Waals surface area contributed by atoms with Gasteiger partial charge in [-0.2, -0.15) is 0 Å². The molecule has 0 aromatic heterocycles. The van der Waals surface area contributed by atoms with Crippen LogP contribution < -0.4 is 0 Å². The number of allylic oxidation sites excluding steroid dienone is 1. The highest BCUT2D eigenvalue weighted by atomic mass is 16.2. The van der Waals surface area contributed by atoms with Crippen molar-refractivity contribution in [3.8, 4) is 0 Å². The van der Waals surface area contributed by atoms with Crippen LogP contribution in [0.25, 0.3) is 0 Å². The summed E-state index contributed by atoms with van der Waals surface area (Å²) in [5.41, 5.74) is 3.50. The van der Waals surface area contributed by atoms with E-state index in [0.29, 0.717) is 11.9 Å². The first-order chi connectivity index (χ1) is 8.24. The molecule has 3 nitrogen and oxygen atoms in total. The molecule has 1 unspecified atom stereocenters. The first-order valence-corrected chi connectivity index (χ1v) is 6.92. The van der Waals surface area contributed by atoms with Crippen LogP contribution in [0.5, 0.6) is 0 Å². The molecule has 17 heavy (non-hydrogen) atoms. The first-order valence-electron chi connectivity index (χ1n) is 6.92. The average molecular weight is 234 g/mol. The third kappa shape index (κ3) is 2.39. The SMILES string of the molecule is CN1C(=O)CCC1CN1CCC(=C2CC2)CC1. The van der Waals surface area contributed by atoms with Crippen molar-refractivity contribution in [2.45, 2.75) is 44.6 Å². The van der Waals surface area contributed by atoms with E-state index in [1.165, 1.54) is 38.8 Å². The van der Waals surface area contributed by atoms with Gasteiger partial charge in [0.25, 0.3) is 0 Å². The molecule has 3 heteroatoms. The zero-order chi connectivity index (χ0) is 11.8. The number of amides is 1. The van der Waals surface area contributed by atoms with Gasteiger partial charge in [0.1, 0.15) is 0 Å². The fourth-order valence-electron chi connectivity index (χ4n) is 3.15. The maximum absolute atomic E-state index is 11.5. The normalized spacial score (nSPS) is 30.3. The highest BCUT2D eigenvalue weighted by molar-refractivity contribution is 5.78. The molecular weight excluding hydrogens is 212 g/mol. The molecule has 3 rings (SSSR count). The van der Waals surface area contributed by atoms with Crippen LogP contribution in [0.1, 0.15) is 38.5 Å². The number of carbonyl (C=O) groups is 1. The summed E-state index contributed by atoms with van der Waals surface area (Å²) in [6, 6.07) is 0.470. The van der Waals surface area contributed by atoms with E-state index in [4.69, 9.17) is 0 Å². The Bertz CT molecular complexity index is 345. The average Bonchev–Trinajstić information content (AvgIpc) is 3.14. The molecule has 0 aromatic carbocycles. The Hall–Kier alpha value is -0.830.